The highest BCUT2D eigenvalue weighted by atomic mass is 79.9. The molecule has 1 atom stereocenters. The van der Waals surface area contributed by atoms with Crippen molar-refractivity contribution in [1.29, 1.82) is 0 Å². The van der Waals surface area contributed by atoms with Crippen molar-refractivity contribution in [3.63, 3.8) is 0 Å². The first-order valence-corrected chi connectivity index (χ1v) is 7.73. The average molecular weight is 402 g/mol. The van der Waals surface area contributed by atoms with E-state index in [4.69, 9.17) is 4.74 Å². The van der Waals surface area contributed by atoms with Crippen LogP contribution in [0.5, 0.6) is 5.75 Å². The molecular weight excluding hydrogens is 391 g/mol. The van der Waals surface area contributed by atoms with Gasteiger partial charge in [0.05, 0.1) is 6.61 Å². The number of hydrogen-bond acceptors (Lipinski definition) is 2. The fraction of sp³-hybridized carbons (Fsp3) is 0.200. The minimum Gasteiger partial charge on any atom is -0.493 e. The summed E-state index contributed by atoms with van der Waals surface area (Å²) in [5.74, 6) is 0.326. The summed E-state index contributed by atoms with van der Waals surface area (Å²) in [6.07, 6.45) is -0.122. The van der Waals surface area contributed by atoms with Gasteiger partial charge in [-0.25, -0.2) is 4.39 Å². The van der Waals surface area contributed by atoms with E-state index in [1.165, 1.54) is 12.1 Å². The van der Waals surface area contributed by atoms with Crippen LogP contribution in [-0.2, 0) is 6.42 Å². The molecule has 0 fully saturated rings. The molecule has 104 valence electrons. The second-order valence-electron chi connectivity index (χ2n) is 4.65. The molecule has 1 N–H and O–H groups in total. The van der Waals surface area contributed by atoms with Gasteiger partial charge in [-0.1, -0.05) is 31.9 Å². The summed E-state index contributed by atoms with van der Waals surface area (Å²) in [7, 11) is 0. The van der Waals surface area contributed by atoms with Crippen LogP contribution in [0.15, 0.2) is 39.3 Å². The van der Waals surface area contributed by atoms with E-state index in [-0.39, 0.29) is 5.82 Å². The summed E-state index contributed by atoms with van der Waals surface area (Å²) in [6, 6.07) is 8.07. The molecule has 1 heterocycles. The average Bonchev–Trinajstić information content (AvgIpc) is 2.87. The SMILES string of the molecule is OC(c1cc(F)ccc1Br)c1cc(Br)cc2c1OCC2. The van der Waals surface area contributed by atoms with Crippen LogP contribution in [0.2, 0.25) is 0 Å². The Hall–Kier alpha value is -0.910. The first-order valence-electron chi connectivity index (χ1n) is 6.14. The van der Waals surface area contributed by atoms with E-state index < -0.39 is 6.10 Å². The molecule has 5 heteroatoms. The third kappa shape index (κ3) is 2.50. The van der Waals surface area contributed by atoms with Gasteiger partial charge in [0.2, 0.25) is 0 Å². The number of fused-ring (bicyclic) bond motifs is 1. The van der Waals surface area contributed by atoms with Crippen LogP contribution >= 0.6 is 31.9 Å². The first-order chi connectivity index (χ1) is 9.56. The Morgan fingerprint density at radius 2 is 1.95 bits per heavy atom. The number of benzene rings is 2. The summed E-state index contributed by atoms with van der Waals surface area (Å²) in [5, 5.41) is 10.6. The highest BCUT2D eigenvalue weighted by Gasteiger charge is 2.24. The molecule has 0 bridgehead atoms. The van der Waals surface area contributed by atoms with Crippen molar-refractivity contribution in [2.75, 3.05) is 6.61 Å². The van der Waals surface area contributed by atoms with Gasteiger partial charge in [-0.2, -0.15) is 0 Å². The fourth-order valence-electron chi connectivity index (χ4n) is 2.39. The molecular formula is C15H11Br2FO2. The number of hydrogen-bond donors (Lipinski definition) is 1. The van der Waals surface area contributed by atoms with Gasteiger partial charge in [-0.15, -0.1) is 0 Å². The lowest BCUT2D eigenvalue weighted by Gasteiger charge is -2.17. The number of aliphatic hydroxyl groups is 1. The summed E-state index contributed by atoms with van der Waals surface area (Å²) in [4.78, 5) is 0. The minimum absolute atomic E-state index is 0.380. The van der Waals surface area contributed by atoms with E-state index in [2.05, 4.69) is 31.9 Å². The largest absolute Gasteiger partial charge is 0.493 e. The summed E-state index contributed by atoms with van der Waals surface area (Å²) >= 11 is 6.79. The van der Waals surface area contributed by atoms with Crippen molar-refractivity contribution in [3.8, 4) is 5.75 Å². The quantitative estimate of drug-likeness (QED) is 0.809. The molecule has 0 aliphatic carbocycles. The van der Waals surface area contributed by atoms with E-state index >= 15 is 0 Å². The van der Waals surface area contributed by atoms with Crippen LogP contribution in [0.25, 0.3) is 0 Å². The number of halogens is 3. The molecule has 0 saturated heterocycles. The fourth-order valence-corrected chi connectivity index (χ4v) is 3.38. The molecule has 0 aromatic heterocycles. The molecule has 20 heavy (non-hydrogen) atoms. The van der Waals surface area contributed by atoms with Crippen LogP contribution < -0.4 is 4.74 Å². The van der Waals surface area contributed by atoms with E-state index in [0.29, 0.717) is 28.0 Å². The second-order valence-corrected chi connectivity index (χ2v) is 6.42. The predicted octanol–water partition coefficient (Wildman–Crippen LogP) is 4.37. The van der Waals surface area contributed by atoms with Crippen LogP contribution in [0.3, 0.4) is 0 Å². The zero-order chi connectivity index (χ0) is 14.3. The number of ether oxygens (including phenoxy) is 1. The van der Waals surface area contributed by atoms with E-state index in [0.717, 1.165) is 16.5 Å². The second kappa shape index (κ2) is 5.47. The molecule has 1 aliphatic rings. The number of rotatable bonds is 2. The Kier molecular flexibility index (Phi) is 3.84. The van der Waals surface area contributed by atoms with Crippen molar-refractivity contribution >= 4 is 31.9 Å². The minimum atomic E-state index is -0.940. The van der Waals surface area contributed by atoms with Gasteiger partial charge in [-0.05, 0) is 35.9 Å². The molecule has 0 amide bonds. The third-order valence-electron chi connectivity index (χ3n) is 3.32. The van der Waals surface area contributed by atoms with Gasteiger partial charge in [-0.3, -0.25) is 0 Å². The van der Waals surface area contributed by atoms with Crippen molar-refractivity contribution < 1.29 is 14.2 Å². The maximum absolute atomic E-state index is 13.4. The summed E-state index contributed by atoms with van der Waals surface area (Å²) < 4.78 is 20.6. The topological polar surface area (TPSA) is 29.5 Å². The first kappa shape index (κ1) is 14.0. The Morgan fingerprint density at radius 3 is 2.75 bits per heavy atom. The van der Waals surface area contributed by atoms with Gasteiger partial charge in [0.1, 0.15) is 17.7 Å². The molecule has 0 radical (unpaired) electrons. The van der Waals surface area contributed by atoms with Gasteiger partial charge in [0.15, 0.2) is 0 Å². The van der Waals surface area contributed by atoms with E-state index in [1.54, 1.807) is 6.07 Å². The molecule has 1 aliphatic heterocycles. The normalized spacial score (nSPS) is 14.8. The smallest absolute Gasteiger partial charge is 0.128 e. The van der Waals surface area contributed by atoms with E-state index in [1.807, 2.05) is 12.1 Å². The van der Waals surface area contributed by atoms with Crippen molar-refractivity contribution in [2.45, 2.75) is 12.5 Å². The summed E-state index contributed by atoms with van der Waals surface area (Å²) in [6.45, 7) is 0.607. The molecule has 2 aromatic rings. The van der Waals surface area contributed by atoms with Crippen LogP contribution in [0.1, 0.15) is 22.8 Å². The zero-order valence-electron chi connectivity index (χ0n) is 10.4. The molecule has 0 spiro atoms. The monoisotopic (exact) mass is 400 g/mol. The lowest BCUT2D eigenvalue weighted by atomic mass is 9.98. The van der Waals surface area contributed by atoms with Crippen LogP contribution in [0, 0.1) is 5.82 Å². The molecule has 2 nitrogen and oxygen atoms in total. The van der Waals surface area contributed by atoms with Gasteiger partial charge < -0.3 is 9.84 Å². The molecule has 1 unspecified atom stereocenters. The third-order valence-corrected chi connectivity index (χ3v) is 4.50. The van der Waals surface area contributed by atoms with Crippen LogP contribution in [0.4, 0.5) is 4.39 Å². The molecule has 3 rings (SSSR count). The molecule has 0 saturated carbocycles. The van der Waals surface area contributed by atoms with Crippen molar-refractivity contribution in [1.82, 2.24) is 0 Å². The highest BCUT2D eigenvalue weighted by molar-refractivity contribution is 9.10. The van der Waals surface area contributed by atoms with E-state index in [9.17, 15) is 9.50 Å². The lowest BCUT2D eigenvalue weighted by molar-refractivity contribution is 0.212. The van der Waals surface area contributed by atoms with Gasteiger partial charge >= 0.3 is 0 Å². The van der Waals surface area contributed by atoms with Crippen molar-refractivity contribution in [2.24, 2.45) is 0 Å². The Balaban J connectivity index is 2.11. The Bertz CT molecular complexity index is 673. The number of aliphatic hydroxyl groups excluding tert-OH is 1. The lowest BCUT2D eigenvalue weighted by Crippen LogP contribution is -2.04. The van der Waals surface area contributed by atoms with Crippen LogP contribution in [-0.4, -0.2) is 11.7 Å². The maximum Gasteiger partial charge on any atom is 0.128 e. The highest BCUT2D eigenvalue weighted by Crippen LogP contribution is 2.40. The Morgan fingerprint density at radius 1 is 1.15 bits per heavy atom. The zero-order valence-corrected chi connectivity index (χ0v) is 13.5. The molecule has 2 aromatic carbocycles. The van der Waals surface area contributed by atoms with Gasteiger partial charge in [0.25, 0.3) is 0 Å². The van der Waals surface area contributed by atoms with Crippen molar-refractivity contribution in [3.05, 3.63) is 61.8 Å². The maximum atomic E-state index is 13.4. The summed E-state index contributed by atoms with van der Waals surface area (Å²) in [5.41, 5.74) is 2.19. The Labute approximate surface area is 132 Å². The predicted molar refractivity (Wildman–Crippen MR) is 81.5 cm³/mol. The van der Waals surface area contributed by atoms with Gasteiger partial charge in [0, 0.05) is 26.5 Å². The standard InChI is InChI=1S/C15H11Br2FO2/c16-9-5-8-3-4-20-15(8)12(6-9)14(19)11-7-10(18)1-2-13(11)17/h1-2,5-7,14,19H,3-4H2.